The van der Waals surface area contributed by atoms with E-state index in [1.807, 2.05) is 0 Å². The first-order valence-corrected chi connectivity index (χ1v) is 22.8. The number of ketones is 1. The van der Waals surface area contributed by atoms with E-state index in [9.17, 15) is 15.0 Å². The molecule has 0 radical (unpaired) electrons. The van der Waals surface area contributed by atoms with Crippen LogP contribution in [0.3, 0.4) is 0 Å². The summed E-state index contributed by atoms with van der Waals surface area (Å²) in [7, 11) is -8.65. The first-order chi connectivity index (χ1) is 13.4. The van der Waals surface area contributed by atoms with Crippen LogP contribution < -0.4 is 0 Å². The van der Waals surface area contributed by atoms with Gasteiger partial charge in [0.2, 0.25) is 0 Å². The molecule has 0 saturated heterocycles. The Labute approximate surface area is 187 Å². The Balaban J connectivity index is 5.05. The fraction of sp³-hybridized carbons (Fsp3) is 0.842. The molecule has 0 amide bonds. The minimum absolute atomic E-state index is 0.113. The first kappa shape index (κ1) is 30.0. The van der Waals surface area contributed by atoms with Gasteiger partial charge >= 0.3 is 8.80 Å². The van der Waals surface area contributed by atoms with Gasteiger partial charge in [-0.15, -0.1) is 0 Å². The molecule has 7 nitrogen and oxygen atoms in total. The predicted octanol–water partition coefficient (Wildman–Crippen LogP) is 3.75. The van der Waals surface area contributed by atoms with Gasteiger partial charge in [0.15, 0.2) is 30.7 Å². The van der Waals surface area contributed by atoms with E-state index in [4.69, 9.17) is 17.1 Å². The molecule has 0 aliphatic carbocycles. The lowest BCUT2D eigenvalue weighted by Crippen LogP contribution is -2.60. The second kappa shape index (κ2) is 12.3. The molecule has 178 valence electrons. The lowest BCUT2D eigenvalue weighted by atomic mass is 10.1. The highest BCUT2D eigenvalue weighted by atomic mass is 28.5. The number of hydrogen-bond donors (Lipinski definition) is 2. The topological polar surface area (TPSA) is 94.5 Å². The van der Waals surface area contributed by atoms with Gasteiger partial charge in [0.05, 0.1) is 6.61 Å². The number of aliphatic hydroxyl groups excluding tert-OH is 2. The smallest absolute Gasteiger partial charge is 0.417 e. The number of rotatable bonds is 15. The van der Waals surface area contributed by atoms with Crippen molar-refractivity contribution < 1.29 is 32.1 Å². The molecule has 0 bridgehead atoms. The molecule has 2 unspecified atom stereocenters. The molecule has 11 heteroatoms. The number of carbonyl (C=O) groups excluding carboxylic acids is 1. The highest BCUT2D eigenvalue weighted by Crippen LogP contribution is 2.29. The molecule has 0 aromatic rings. The summed E-state index contributed by atoms with van der Waals surface area (Å²) in [6, 6.07) is 0.641. The number of carbonyl (C=O) groups is 1. The monoisotopic (exact) mass is 496 g/mol. The molecule has 0 rings (SSSR count). The average molecular weight is 497 g/mol. The van der Waals surface area contributed by atoms with Crippen LogP contribution in [0, 0.1) is 0 Å². The minimum Gasteiger partial charge on any atom is -0.417 e. The van der Waals surface area contributed by atoms with Crippen LogP contribution in [0.15, 0.2) is 12.2 Å². The van der Waals surface area contributed by atoms with Gasteiger partial charge < -0.3 is 27.3 Å². The van der Waals surface area contributed by atoms with Crippen molar-refractivity contribution in [3.05, 3.63) is 12.2 Å². The maximum Gasteiger partial charge on any atom is 0.469 e. The molecule has 30 heavy (non-hydrogen) atoms. The molecule has 0 fully saturated rings. The Morgan fingerprint density at radius 3 is 1.67 bits per heavy atom. The standard InChI is InChI=1S/C19H44O7Si4/c1-11-13-17(20)19(22)18(21)16-23-14-12-15-30(24-27(2,3)4,25-28(5,6)7)26-29(8,9)10/h11,13,18-19,21-22H,12,14-16H2,1-10H3. The number of aliphatic hydroxyl groups is 2. The Morgan fingerprint density at radius 2 is 1.30 bits per heavy atom. The van der Waals surface area contributed by atoms with Crippen LogP contribution in [-0.2, 0) is 21.9 Å². The molecule has 2 atom stereocenters. The fourth-order valence-corrected chi connectivity index (χ4v) is 17.4. The van der Waals surface area contributed by atoms with Crippen molar-refractivity contribution in [3.63, 3.8) is 0 Å². The predicted molar refractivity (Wildman–Crippen MR) is 131 cm³/mol. The Kier molecular flexibility index (Phi) is 12.3. The van der Waals surface area contributed by atoms with Gasteiger partial charge in [-0.05, 0) is 78.3 Å². The zero-order chi connectivity index (χ0) is 23.8. The second-order valence-electron chi connectivity index (χ2n) is 10.4. The zero-order valence-electron chi connectivity index (χ0n) is 20.6. The summed E-state index contributed by atoms with van der Waals surface area (Å²) >= 11 is 0. The Bertz CT molecular complexity index is 510. The molecule has 2 N–H and O–H groups in total. The highest BCUT2D eigenvalue weighted by molar-refractivity contribution is 6.90. The molecule has 0 aliphatic heterocycles. The summed E-state index contributed by atoms with van der Waals surface area (Å²) in [6.45, 7) is 21.2. The van der Waals surface area contributed by atoms with Crippen LogP contribution in [0.2, 0.25) is 65.0 Å². The van der Waals surface area contributed by atoms with Crippen molar-refractivity contribution in [2.75, 3.05) is 13.2 Å². The third-order valence-electron chi connectivity index (χ3n) is 3.43. The molecular weight excluding hydrogens is 453 g/mol. The number of hydrogen-bond acceptors (Lipinski definition) is 7. The van der Waals surface area contributed by atoms with Crippen LogP contribution in [0.5, 0.6) is 0 Å². The van der Waals surface area contributed by atoms with E-state index >= 15 is 0 Å². The first-order valence-electron chi connectivity index (χ1n) is 10.6. The lowest BCUT2D eigenvalue weighted by Gasteiger charge is -2.42. The van der Waals surface area contributed by atoms with Gasteiger partial charge in [-0.3, -0.25) is 4.79 Å². The molecule has 0 aromatic heterocycles. The molecule has 0 heterocycles. The van der Waals surface area contributed by atoms with E-state index in [1.165, 1.54) is 12.2 Å². The van der Waals surface area contributed by atoms with Crippen LogP contribution in [0.25, 0.3) is 0 Å². The SMILES string of the molecule is CC=CC(=O)C(O)C(O)COCCC[Si](O[Si](C)(C)C)(O[Si](C)(C)C)O[Si](C)(C)C. The van der Waals surface area contributed by atoms with Crippen molar-refractivity contribution in [3.8, 4) is 0 Å². The van der Waals surface area contributed by atoms with E-state index in [1.54, 1.807) is 6.92 Å². The molecule has 0 aliphatic rings. The zero-order valence-corrected chi connectivity index (χ0v) is 24.6. The summed E-state index contributed by atoms with van der Waals surface area (Å²) in [6.07, 6.45) is 0.680. The molecule has 0 saturated carbocycles. The quantitative estimate of drug-likeness (QED) is 0.202. The largest absolute Gasteiger partial charge is 0.469 e. The Hall–Kier alpha value is 0.0375. The van der Waals surface area contributed by atoms with Crippen LogP contribution in [0.1, 0.15) is 13.3 Å². The van der Waals surface area contributed by atoms with Crippen molar-refractivity contribution >= 4 is 39.5 Å². The van der Waals surface area contributed by atoms with E-state index in [0.717, 1.165) is 0 Å². The van der Waals surface area contributed by atoms with Gasteiger partial charge in [0.25, 0.3) is 0 Å². The maximum absolute atomic E-state index is 11.6. The van der Waals surface area contributed by atoms with Gasteiger partial charge in [0, 0.05) is 12.7 Å². The summed E-state index contributed by atoms with van der Waals surface area (Å²) in [5.41, 5.74) is 0. The van der Waals surface area contributed by atoms with Crippen molar-refractivity contribution in [1.29, 1.82) is 0 Å². The number of ether oxygens (including phenoxy) is 1. The summed E-state index contributed by atoms with van der Waals surface area (Å²) in [5, 5.41) is 19.8. The summed E-state index contributed by atoms with van der Waals surface area (Å²) < 4.78 is 25.4. The third-order valence-corrected chi connectivity index (χ3v) is 15.5. The van der Waals surface area contributed by atoms with Crippen LogP contribution >= 0.6 is 0 Å². The van der Waals surface area contributed by atoms with E-state index < -0.39 is 51.7 Å². The minimum atomic E-state index is -2.90. The summed E-state index contributed by atoms with van der Waals surface area (Å²) in [5.74, 6) is -0.532. The van der Waals surface area contributed by atoms with E-state index in [2.05, 4.69) is 58.9 Å². The van der Waals surface area contributed by atoms with Crippen LogP contribution in [0.4, 0.5) is 0 Å². The second-order valence-corrected chi connectivity index (χ2v) is 27.4. The highest BCUT2D eigenvalue weighted by Gasteiger charge is 2.49. The maximum atomic E-state index is 11.6. The van der Waals surface area contributed by atoms with E-state index in [0.29, 0.717) is 19.1 Å². The average Bonchev–Trinajstić information content (AvgIpc) is 2.48. The van der Waals surface area contributed by atoms with Gasteiger partial charge in [0.1, 0.15) is 12.2 Å². The molecule has 0 aromatic carbocycles. The van der Waals surface area contributed by atoms with Crippen molar-refractivity contribution in [1.82, 2.24) is 0 Å². The number of allylic oxidation sites excluding steroid dienone is 1. The molecular formula is C19H44O7Si4. The Morgan fingerprint density at radius 1 is 0.867 bits per heavy atom. The van der Waals surface area contributed by atoms with Gasteiger partial charge in [-0.25, -0.2) is 0 Å². The van der Waals surface area contributed by atoms with Crippen LogP contribution in [-0.4, -0.2) is 75.2 Å². The molecule has 0 spiro atoms. The van der Waals surface area contributed by atoms with Crippen molar-refractivity contribution in [2.24, 2.45) is 0 Å². The van der Waals surface area contributed by atoms with Gasteiger partial charge in [-0.1, -0.05) is 6.08 Å². The van der Waals surface area contributed by atoms with E-state index in [-0.39, 0.29) is 6.61 Å². The van der Waals surface area contributed by atoms with Crippen molar-refractivity contribution in [2.45, 2.75) is 90.5 Å². The normalized spacial score (nSPS) is 16.1. The summed E-state index contributed by atoms with van der Waals surface area (Å²) in [4.78, 5) is 11.6. The van der Waals surface area contributed by atoms with Gasteiger partial charge in [-0.2, -0.15) is 0 Å². The fourth-order valence-electron chi connectivity index (χ4n) is 2.75. The lowest BCUT2D eigenvalue weighted by molar-refractivity contribution is -0.130. The third kappa shape index (κ3) is 14.2.